The van der Waals surface area contributed by atoms with Crippen LogP contribution in [0.5, 0.6) is 0 Å². The van der Waals surface area contributed by atoms with Crippen LogP contribution < -0.4 is 15.5 Å². The fourth-order valence-electron chi connectivity index (χ4n) is 4.38. The van der Waals surface area contributed by atoms with Crippen LogP contribution in [0.15, 0.2) is 72.8 Å². The largest absolute Gasteiger partial charge is 0.349 e. The lowest BCUT2D eigenvalue weighted by atomic mass is 9.99. The highest BCUT2D eigenvalue weighted by atomic mass is 16.2. The minimum absolute atomic E-state index is 0.125. The molecule has 4 aromatic rings. The summed E-state index contributed by atoms with van der Waals surface area (Å²) in [5, 5.41) is 14.2. The highest BCUT2D eigenvalue weighted by Gasteiger charge is 2.35. The van der Waals surface area contributed by atoms with Crippen molar-refractivity contribution >= 4 is 40.1 Å². The van der Waals surface area contributed by atoms with E-state index in [1.807, 2.05) is 69.3 Å². The van der Waals surface area contributed by atoms with E-state index in [0.717, 1.165) is 17.5 Å². The molecule has 0 bridgehead atoms. The summed E-state index contributed by atoms with van der Waals surface area (Å²) < 4.78 is 1.54. The quantitative estimate of drug-likeness (QED) is 0.348. The Morgan fingerprint density at radius 2 is 1.62 bits per heavy atom. The van der Waals surface area contributed by atoms with Gasteiger partial charge in [-0.1, -0.05) is 48.5 Å². The zero-order valence-electron chi connectivity index (χ0n) is 22.9. The van der Waals surface area contributed by atoms with E-state index < -0.39 is 11.6 Å². The first-order valence-corrected chi connectivity index (χ1v) is 12.9. The highest BCUT2D eigenvalue weighted by molar-refractivity contribution is 6.02. The summed E-state index contributed by atoms with van der Waals surface area (Å²) in [5.74, 6) is -0.853. The number of anilines is 2. The van der Waals surface area contributed by atoms with Crippen molar-refractivity contribution in [3.05, 3.63) is 83.9 Å². The molecule has 9 nitrogen and oxygen atoms in total. The van der Waals surface area contributed by atoms with Gasteiger partial charge in [0, 0.05) is 23.8 Å². The molecular weight excluding hydrogens is 492 g/mol. The molecule has 202 valence electrons. The molecule has 3 aromatic carbocycles. The number of aryl methyl sites for hydroxylation is 1. The molecule has 0 saturated heterocycles. The predicted molar refractivity (Wildman–Crippen MR) is 152 cm³/mol. The Morgan fingerprint density at radius 3 is 2.23 bits per heavy atom. The number of para-hydroxylation sites is 1. The summed E-state index contributed by atoms with van der Waals surface area (Å²) in [6.45, 7) is 9.07. The number of nitrogens with zero attached hydrogens (tertiary/aromatic N) is 4. The lowest BCUT2D eigenvalue weighted by Crippen LogP contribution is -2.50. The zero-order chi connectivity index (χ0) is 28.2. The SMILES string of the molecule is CCc1ccc(C(C(=O)NC(C)(C)C)N(C(=O)Cn2nnc3ccccc32)c2ccc(NC(C)=O)cc2)cc1. The van der Waals surface area contributed by atoms with Crippen molar-refractivity contribution < 1.29 is 14.4 Å². The Morgan fingerprint density at radius 1 is 0.949 bits per heavy atom. The average Bonchev–Trinajstić information content (AvgIpc) is 3.29. The number of carbonyl (C=O) groups excluding carboxylic acids is 3. The van der Waals surface area contributed by atoms with Gasteiger partial charge in [0.2, 0.25) is 17.7 Å². The molecule has 2 N–H and O–H groups in total. The van der Waals surface area contributed by atoms with Crippen molar-refractivity contribution in [3.8, 4) is 0 Å². The third-order valence-electron chi connectivity index (χ3n) is 6.15. The molecule has 4 rings (SSSR count). The van der Waals surface area contributed by atoms with Gasteiger partial charge >= 0.3 is 0 Å². The molecule has 1 heterocycles. The molecular formula is C30H34N6O3. The molecule has 1 aromatic heterocycles. The van der Waals surface area contributed by atoms with Crippen LogP contribution >= 0.6 is 0 Å². The molecule has 0 aliphatic heterocycles. The fraction of sp³-hybridized carbons (Fsp3) is 0.300. The second kappa shape index (κ2) is 11.5. The van der Waals surface area contributed by atoms with Crippen LogP contribution in [0.4, 0.5) is 11.4 Å². The molecule has 0 radical (unpaired) electrons. The van der Waals surface area contributed by atoms with Gasteiger partial charge in [0.1, 0.15) is 18.1 Å². The smallest absolute Gasteiger partial charge is 0.249 e. The van der Waals surface area contributed by atoms with Crippen LogP contribution in [0.3, 0.4) is 0 Å². The molecule has 0 aliphatic carbocycles. The first-order chi connectivity index (χ1) is 18.6. The van der Waals surface area contributed by atoms with Crippen molar-refractivity contribution in [1.29, 1.82) is 0 Å². The predicted octanol–water partition coefficient (Wildman–Crippen LogP) is 4.64. The number of fused-ring (bicyclic) bond motifs is 1. The van der Waals surface area contributed by atoms with E-state index in [4.69, 9.17) is 0 Å². The van der Waals surface area contributed by atoms with Crippen molar-refractivity contribution in [3.63, 3.8) is 0 Å². The van der Waals surface area contributed by atoms with Crippen molar-refractivity contribution in [2.45, 2.75) is 59.2 Å². The molecule has 0 saturated carbocycles. The second-order valence-electron chi connectivity index (χ2n) is 10.5. The zero-order valence-corrected chi connectivity index (χ0v) is 22.9. The number of nitrogens with one attached hydrogen (secondary N) is 2. The lowest BCUT2D eigenvalue weighted by Gasteiger charge is -2.34. The maximum Gasteiger partial charge on any atom is 0.249 e. The molecule has 0 spiro atoms. The maximum atomic E-state index is 14.1. The van der Waals surface area contributed by atoms with E-state index in [1.54, 1.807) is 24.3 Å². The molecule has 0 aliphatic rings. The van der Waals surface area contributed by atoms with Gasteiger partial charge in [-0.05, 0) is 74.7 Å². The molecule has 1 atom stereocenters. The van der Waals surface area contributed by atoms with Crippen LogP contribution in [-0.4, -0.2) is 38.3 Å². The summed E-state index contributed by atoms with van der Waals surface area (Å²) in [5.41, 5.74) is 3.77. The van der Waals surface area contributed by atoms with Crippen molar-refractivity contribution in [1.82, 2.24) is 20.3 Å². The third kappa shape index (κ3) is 6.67. The van der Waals surface area contributed by atoms with Gasteiger partial charge < -0.3 is 10.6 Å². The van der Waals surface area contributed by atoms with E-state index in [-0.39, 0.29) is 24.3 Å². The lowest BCUT2D eigenvalue weighted by molar-refractivity contribution is -0.128. The average molecular weight is 527 g/mol. The fourth-order valence-corrected chi connectivity index (χ4v) is 4.38. The van der Waals surface area contributed by atoms with Crippen molar-refractivity contribution in [2.75, 3.05) is 10.2 Å². The van der Waals surface area contributed by atoms with Gasteiger partial charge in [0.05, 0.1) is 5.52 Å². The van der Waals surface area contributed by atoms with Crippen LogP contribution in [0.1, 0.15) is 51.8 Å². The number of rotatable bonds is 8. The number of aromatic nitrogens is 3. The molecule has 3 amide bonds. The van der Waals surface area contributed by atoms with Gasteiger partial charge in [0.15, 0.2) is 0 Å². The Labute approximate surface area is 228 Å². The molecule has 0 fully saturated rings. The van der Waals surface area contributed by atoms with Crippen LogP contribution in [0, 0.1) is 0 Å². The minimum atomic E-state index is -0.955. The Bertz CT molecular complexity index is 1470. The van der Waals surface area contributed by atoms with E-state index in [9.17, 15) is 14.4 Å². The number of hydrogen-bond donors (Lipinski definition) is 2. The van der Waals surface area contributed by atoms with Crippen molar-refractivity contribution in [2.24, 2.45) is 0 Å². The number of hydrogen-bond acceptors (Lipinski definition) is 5. The first kappa shape index (κ1) is 27.5. The van der Waals surface area contributed by atoms with E-state index in [0.29, 0.717) is 22.5 Å². The topological polar surface area (TPSA) is 109 Å². The van der Waals surface area contributed by atoms with E-state index in [1.165, 1.54) is 16.5 Å². The number of amides is 3. The van der Waals surface area contributed by atoms with Gasteiger partial charge in [-0.2, -0.15) is 0 Å². The molecule has 1 unspecified atom stereocenters. The van der Waals surface area contributed by atoms with Gasteiger partial charge in [0.25, 0.3) is 0 Å². The van der Waals surface area contributed by atoms with E-state index >= 15 is 0 Å². The minimum Gasteiger partial charge on any atom is -0.349 e. The molecule has 9 heteroatoms. The van der Waals surface area contributed by atoms with Gasteiger partial charge in [-0.25, -0.2) is 4.68 Å². The summed E-state index contributed by atoms with van der Waals surface area (Å²) >= 11 is 0. The first-order valence-electron chi connectivity index (χ1n) is 12.9. The standard InChI is InChI=1S/C30H34N6O3/c1-6-21-11-13-22(14-12-21)28(29(39)32-30(3,4)5)36(24-17-15-23(16-18-24)31-20(2)37)27(38)19-35-26-10-8-7-9-25(26)33-34-35/h7-18,28H,6,19H2,1-5H3,(H,31,37)(H,32,39). The van der Waals surface area contributed by atoms with Crippen LogP contribution in [0.2, 0.25) is 0 Å². The van der Waals surface area contributed by atoms with Gasteiger partial charge in [-0.15, -0.1) is 5.10 Å². The highest BCUT2D eigenvalue weighted by Crippen LogP contribution is 2.31. The maximum absolute atomic E-state index is 14.1. The number of benzene rings is 3. The van der Waals surface area contributed by atoms with E-state index in [2.05, 4.69) is 27.9 Å². The summed E-state index contributed by atoms with van der Waals surface area (Å²) in [7, 11) is 0. The Balaban J connectivity index is 1.81. The summed E-state index contributed by atoms with van der Waals surface area (Å²) in [6.07, 6.45) is 0.853. The third-order valence-corrected chi connectivity index (χ3v) is 6.15. The Kier molecular flexibility index (Phi) is 8.09. The molecule has 39 heavy (non-hydrogen) atoms. The van der Waals surface area contributed by atoms with Gasteiger partial charge in [-0.3, -0.25) is 19.3 Å². The second-order valence-corrected chi connectivity index (χ2v) is 10.5. The van der Waals surface area contributed by atoms with Crippen LogP contribution in [0.25, 0.3) is 11.0 Å². The Hall–Kier alpha value is -4.53. The van der Waals surface area contributed by atoms with Crippen LogP contribution in [-0.2, 0) is 27.3 Å². The summed E-state index contributed by atoms with van der Waals surface area (Å²) in [6, 6.07) is 21.0. The number of carbonyl (C=O) groups is 3. The summed E-state index contributed by atoms with van der Waals surface area (Å²) in [4.78, 5) is 41.0. The monoisotopic (exact) mass is 526 g/mol. The normalized spacial score (nSPS) is 12.1.